The molecule has 2 unspecified atom stereocenters. The highest BCUT2D eigenvalue weighted by Crippen LogP contribution is 2.13. The molecule has 76 valence electrons. The topological polar surface area (TPSA) is 34.1 Å². The summed E-state index contributed by atoms with van der Waals surface area (Å²) < 4.78 is 0. The van der Waals surface area contributed by atoms with Crippen molar-refractivity contribution in [2.45, 2.75) is 47.0 Å². The summed E-state index contributed by atoms with van der Waals surface area (Å²) >= 11 is 0. The molecule has 0 saturated heterocycles. The second kappa shape index (κ2) is 5.90. The summed E-state index contributed by atoms with van der Waals surface area (Å²) in [6.45, 7) is 7.14. The summed E-state index contributed by atoms with van der Waals surface area (Å²) in [7, 11) is 0. The molecule has 0 N–H and O–H groups in total. The fourth-order valence-electron chi connectivity index (χ4n) is 1.14. The van der Waals surface area contributed by atoms with Crippen LogP contribution in [0.2, 0.25) is 0 Å². The molecule has 2 atom stereocenters. The van der Waals surface area contributed by atoms with Crippen LogP contribution in [0.25, 0.3) is 0 Å². The van der Waals surface area contributed by atoms with Crippen LogP contribution < -0.4 is 0 Å². The molecule has 2 nitrogen and oxygen atoms in total. The van der Waals surface area contributed by atoms with Gasteiger partial charge in [-0.25, -0.2) is 0 Å². The molecule has 0 aliphatic carbocycles. The second-order valence-corrected chi connectivity index (χ2v) is 3.95. The van der Waals surface area contributed by atoms with Gasteiger partial charge in [0.15, 0.2) is 0 Å². The summed E-state index contributed by atoms with van der Waals surface area (Å²) in [5.41, 5.74) is 0. The fraction of sp³-hybridized carbons (Fsp3) is 0.818. The maximum atomic E-state index is 10.9. The van der Waals surface area contributed by atoms with Gasteiger partial charge in [-0.1, -0.05) is 20.3 Å². The van der Waals surface area contributed by atoms with Crippen molar-refractivity contribution in [1.82, 2.24) is 0 Å². The highest BCUT2D eigenvalue weighted by molar-refractivity contribution is 5.78. The lowest BCUT2D eigenvalue weighted by Crippen LogP contribution is -2.09. The van der Waals surface area contributed by atoms with Crippen LogP contribution in [0, 0.1) is 11.8 Å². The van der Waals surface area contributed by atoms with Gasteiger partial charge in [-0.15, -0.1) is 0 Å². The standard InChI is InChI=1S/C11H20O2/c1-8(10(3)12)6-5-7-9(2)11(4)13/h8-9H,5-7H2,1-4H3. The zero-order chi connectivity index (χ0) is 10.4. The van der Waals surface area contributed by atoms with E-state index in [1.165, 1.54) is 0 Å². The average Bonchev–Trinajstić information content (AvgIpc) is 2.03. The largest absolute Gasteiger partial charge is 0.300 e. The van der Waals surface area contributed by atoms with Crippen molar-refractivity contribution >= 4 is 11.6 Å². The van der Waals surface area contributed by atoms with Crippen LogP contribution in [0.4, 0.5) is 0 Å². The molecule has 0 spiro atoms. The highest BCUT2D eigenvalue weighted by atomic mass is 16.1. The molecular weight excluding hydrogens is 164 g/mol. The van der Waals surface area contributed by atoms with Crippen molar-refractivity contribution in [2.75, 3.05) is 0 Å². The van der Waals surface area contributed by atoms with Gasteiger partial charge in [-0.3, -0.25) is 9.59 Å². The van der Waals surface area contributed by atoms with Crippen LogP contribution in [-0.2, 0) is 9.59 Å². The number of carbonyl (C=O) groups excluding carboxylic acids is 2. The van der Waals surface area contributed by atoms with Crippen molar-refractivity contribution in [3.63, 3.8) is 0 Å². The van der Waals surface area contributed by atoms with E-state index in [1.807, 2.05) is 13.8 Å². The van der Waals surface area contributed by atoms with E-state index in [2.05, 4.69) is 0 Å². The van der Waals surface area contributed by atoms with Crippen LogP contribution in [0.5, 0.6) is 0 Å². The van der Waals surface area contributed by atoms with E-state index < -0.39 is 0 Å². The van der Waals surface area contributed by atoms with E-state index >= 15 is 0 Å². The quantitative estimate of drug-likeness (QED) is 0.636. The van der Waals surface area contributed by atoms with Crippen molar-refractivity contribution < 1.29 is 9.59 Å². The smallest absolute Gasteiger partial charge is 0.132 e. The number of hydrogen-bond donors (Lipinski definition) is 0. The Labute approximate surface area is 80.7 Å². The van der Waals surface area contributed by atoms with Crippen LogP contribution >= 0.6 is 0 Å². The fourth-order valence-corrected chi connectivity index (χ4v) is 1.14. The Hall–Kier alpha value is -0.660. The predicted octanol–water partition coefficient (Wildman–Crippen LogP) is 2.61. The number of ketones is 2. The van der Waals surface area contributed by atoms with Crippen LogP contribution in [0.15, 0.2) is 0 Å². The predicted molar refractivity (Wildman–Crippen MR) is 53.5 cm³/mol. The lowest BCUT2D eigenvalue weighted by Gasteiger charge is -2.09. The molecule has 0 aromatic heterocycles. The Balaban J connectivity index is 3.56. The molecule has 0 bridgehead atoms. The zero-order valence-corrected chi connectivity index (χ0v) is 9.09. The van der Waals surface area contributed by atoms with Gasteiger partial charge in [0.2, 0.25) is 0 Å². The third-order valence-electron chi connectivity index (χ3n) is 2.66. The van der Waals surface area contributed by atoms with Gasteiger partial charge in [0.1, 0.15) is 11.6 Å². The first-order valence-corrected chi connectivity index (χ1v) is 4.96. The van der Waals surface area contributed by atoms with Gasteiger partial charge >= 0.3 is 0 Å². The number of hydrogen-bond acceptors (Lipinski definition) is 2. The Bertz CT molecular complexity index is 165. The third kappa shape index (κ3) is 5.56. The monoisotopic (exact) mass is 184 g/mol. The van der Waals surface area contributed by atoms with Gasteiger partial charge in [0.25, 0.3) is 0 Å². The van der Waals surface area contributed by atoms with Crippen molar-refractivity contribution in [3.05, 3.63) is 0 Å². The van der Waals surface area contributed by atoms with Gasteiger partial charge in [-0.05, 0) is 26.7 Å². The maximum absolute atomic E-state index is 10.9. The zero-order valence-electron chi connectivity index (χ0n) is 9.09. The molecule has 0 heterocycles. The SMILES string of the molecule is CC(=O)C(C)CCCC(C)C(C)=O. The third-order valence-corrected chi connectivity index (χ3v) is 2.66. The van der Waals surface area contributed by atoms with Crippen molar-refractivity contribution in [1.29, 1.82) is 0 Å². The lowest BCUT2D eigenvalue weighted by atomic mass is 9.95. The summed E-state index contributed by atoms with van der Waals surface area (Å²) in [6, 6.07) is 0. The van der Waals surface area contributed by atoms with Gasteiger partial charge in [0.05, 0.1) is 0 Å². The van der Waals surface area contributed by atoms with Gasteiger partial charge in [-0.2, -0.15) is 0 Å². The van der Waals surface area contributed by atoms with E-state index in [-0.39, 0.29) is 23.4 Å². The van der Waals surface area contributed by atoms with E-state index in [0.717, 1.165) is 19.3 Å². The lowest BCUT2D eigenvalue weighted by molar-refractivity contribution is -0.120. The Morgan fingerprint density at radius 3 is 1.46 bits per heavy atom. The Kier molecular flexibility index (Phi) is 5.60. The number of carbonyl (C=O) groups is 2. The molecule has 0 fully saturated rings. The molecule has 0 aliphatic rings. The molecule has 13 heavy (non-hydrogen) atoms. The molecule has 0 radical (unpaired) electrons. The molecule has 0 rings (SSSR count). The highest BCUT2D eigenvalue weighted by Gasteiger charge is 2.10. The van der Waals surface area contributed by atoms with Gasteiger partial charge in [0, 0.05) is 11.8 Å². The van der Waals surface area contributed by atoms with E-state index in [1.54, 1.807) is 13.8 Å². The minimum Gasteiger partial charge on any atom is -0.300 e. The van der Waals surface area contributed by atoms with Gasteiger partial charge < -0.3 is 0 Å². The summed E-state index contributed by atoms with van der Waals surface area (Å²) in [5, 5.41) is 0. The minimum absolute atomic E-state index is 0.152. The maximum Gasteiger partial charge on any atom is 0.132 e. The first-order chi connectivity index (χ1) is 5.95. The minimum atomic E-state index is 0.152. The molecule has 0 aromatic rings. The van der Waals surface area contributed by atoms with Crippen LogP contribution in [0.1, 0.15) is 47.0 Å². The van der Waals surface area contributed by atoms with Crippen LogP contribution in [-0.4, -0.2) is 11.6 Å². The van der Waals surface area contributed by atoms with Crippen LogP contribution in [0.3, 0.4) is 0 Å². The summed E-state index contributed by atoms with van der Waals surface area (Å²) in [5.74, 6) is 0.796. The summed E-state index contributed by atoms with van der Waals surface area (Å²) in [4.78, 5) is 21.8. The Morgan fingerprint density at radius 2 is 1.23 bits per heavy atom. The number of Topliss-reactive ketones (excluding diaryl/α,β-unsaturated/α-hetero) is 2. The summed E-state index contributed by atoms with van der Waals surface area (Å²) in [6.07, 6.45) is 2.79. The van der Waals surface area contributed by atoms with E-state index in [0.29, 0.717) is 0 Å². The number of rotatable bonds is 6. The molecular formula is C11H20O2. The first-order valence-electron chi connectivity index (χ1n) is 4.96. The molecule has 2 heteroatoms. The molecule has 0 amide bonds. The van der Waals surface area contributed by atoms with E-state index in [4.69, 9.17) is 0 Å². The Morgan fingerprint density at radius 1 is 0.923 bits per heavy atom. The molecule has 0 aliphatic heterocycles. The van der Waals surface area contributed by atoms with E-state index in [9.17, 15) is 9.59 Å². The normalized spacial score (nSPS) is 15.1. The second-order valence-electron chi connectivity index (χ2n) is 3.95. The van der Waals surface area contributed by atoms with Crippen molar-refractivity contribution in [3.8, 4) is 0 Å². The molecule has 0 saturated carbocycles. The molecule has 0 aromatic carbocycles. The first kappa shape index (κ1) is 12.3. The van der Waals surface area contributed by atoms with Crippen molar-refractivity contribution in [2.24, 2.45) is 11.8 Å². The average molecular weight is 184 g/mol.